The van der Waals surface area contributed by atoms with Crippen LogP contribution >= 0.6 is 23.4 Å². The predicted octanol–water partition coefficient (Wildman–Crippen LogP) is 4.67. The molecule has 0 spiro atoms. The number of halogens is 1. The first-order chi connectivity index (χ1) is 13.5. The van der Waals surface area contributed by atoms with Crippen molar-refractivity contribution in [2.75, 3.05) is 13.4 Å². The molecule has 0 bridgehead atoms. The minimum atomic E-state index is -0.219. The fourth-order valence-electron chi connectivity index (χ4n) is 2.77. The van der Waals surface area contributed by atoms with Crippen LogP contribution in [0.15, 0.2) is 40.2 Å². The summed E-state index contributed by atoms with van der Waals surface area (Å²) < 4.78 is 16.5. The Morgan fingerprint density at radius 3 is 2.86 bits per heavy atom. The molecule has 6 nitrogen and oxygen atoms in total. The van der Waals surface area contributed by atoms with Gasteiger partial charge in [-0.15, -0.1) is 0 Å². The Morgan fingerprint density at radius 2 is 2.07 bits per heavy atom. The maximum Gasteiger partial charge on any atom is 0.264 e. The highest BCUT2D eigenvalue weighted by atomic mass is 35.5. The number of hydrogen-bond acceptors (Lipinski definition) is 6. The number of benzene rings is 2. The summed E-state index contributed by atoms with van der Waals surface area (Å²) in [6, 6.07) is 9.05. The molecular formula is C20H17ClN2O4S. The van der Waals surface area contributed by atoms with Crippen molar-refractivity contribution in [2.45, 2.75) is 13.8 Å². The molecule has 1 amide bonds. The van der Waals surface area contributed by atoms with Crippen LogP contribution in [0.4, 0.5) is 5.69 Å². The minimum Gasteiger partial charge on any atom is -0.493 e. The predicted molar refractivity (Wildman–Crippen MR) is 111 cm³/mol. The molecule has 0 radical (unpaired) electrons. The summed E-state index contributed by atoms with van der Waals surface area (Å²) in [4.78, 5) is 17.5. The molecule has 2 aliphatic heterocycles. The zero-order valence-corrected chi connectivity index (χ0v) is 16.8. The quantitative estimate of drug-likeness (QED) is 0.733. The number of amidine groups is 1. The van der Waals surface area contributed by atoms with Gasteiger partial charge in [0.05, 0.1) is 17.2 Å². The third-order valence-electron chi connectivity index (χ3n) is 4.14. The monoisotopic (exact) mass is 416 g/mol. The van der Waals surface area contributed by atoms with Gasteiger partial charge in [0.15, 0.2) is 16.7 Å². The molecule has 144 valence electrons. The van der Waals surface area contributed by atoms with Crippen LogP contribution < -0.4 is 19.5 Å². The smallest absolute Gasteiger partial charge is 0.264 e. The number of nitrogens with zero attached hydrogens (tertiary/aromatic N) is 1. The molecule has 28 heavy (non-hydrogen) atoms. The summed E-state index contributed by atoms with van der Waals surface area (Å²) in [5, 5.41) is 3.88. The second kappa shape index (κ2) is 7.77. The lowest BCUT2D eigenvalue weighted by Crippen LogP contribution is -2.19. The molecule has 2 aromatic rings. The maximum atomic E-state index is 12.4. The summed E-state index contributed by atoms with van der Waals surface area (Å²) in [5.74, 6) is 1.67. The number of thioether (sulfide) groups is 1. The van der Waals surface area contributed by atoms with Crippen molar-refractivity contribution < 1.29 is 19.0 Å². The first-order valence-corrected chi connectivity index (χ1v) is 9.85. The number of carbonyl (C=O) groups is 1. The molecule has 1 saturated heterocycles. The van der Waals surface area contributed by atoms with Gasteiger partial charge in [0.25, 0.3) is 5.91 Å². The molecule has 0 atom stereocenters. The van der Waals surface area contributed by atoms with Crippen molar-refractivity contribution in [1.82, 2.24) is 5.32 Å². The number of fused-ring (bicyclic) bond motifs is 1. The Kier molecular flexibility index (Phi) is 5.19. The second-order valence-electron chi connectivity index (χ2n) is 6.09. The minimum absolute atomic E-state index is 0.173. The Balaban J connectivity index is 1.65. The van der Waals surface area contributed by atoms with Crippen molar-refractivity contribution in [2.24, 2.45) is 4.99 Å². The topological polar surface area (TPSA) is 69.2 Å². The first kappa shape index (κ1) is 18.7. The Labute approximate surface area is 171 Å². The van der Waals surface area contributed by atoms with Gasteiger partial charge < -0.3 is 19.5 Å². The van der Waals surface area contributed by atoms with Gasteiger partial charge in [0, 0.05) is 16.7 Å². The number of amides is 1. The molecule has 0 aromatic heterocycles. The van der Waals surface area contributed by atoms with E-state index < -0.39 is 0 Å². The van der Waals surface area contributed by atoms with Gasteiger partial charge in [-0.05, 0) is 55.4 Å². The van der Waals surface area contributed by atoms with Crippen LogP contribution in [0.1, 0.15) is 18.1 Å². The maximum absolute atomic E-state index is 12.4. The van der Waals surface area contributed by atoms with Crippen molar-refractivity contribution >= 4 is 46.2 Å². The number of aryl methyl sites for hydroxylation is 1. The van der Waals surface area contributed by atoms with E-state index in [1.807, 2.05) is 26.0 Å². The van der Waals surface area contributed by atoms with Gasteiger partial charge >= 0.3 is 0 Å². The normalized spacial score (nSPS) is 18.0. The summed E-state index contributed by atoms with van der Waals surface area (Å²) in [7, 11) is 0. The average molecular weight is 417 g/mol. The van der Waals surface area contributed by atoms with Crippen LogP contribution in [-0.4, -0.2) is 24.5 Å². The van der Waals surface area contributed by atoms with Crippen LogP contribution in [-0.2, 0) is 4.79 Å². The van der Waals surface area contributed by atoms with E-state index in [0.717, 1.165) is 16.8 Å². The Bertz CT molecular complexity index is 1020. The highest BCUT2D eigenvalue weighted by molar-refractivity contribution is 8.18. The van der Waals surface area contributed by atoms with Gasteiger partial charge in [-0.2, -0.15) is 0 Å². The highest BCUT2D eigenvalue weighted by Gasteiger charge is 2.25. The van der Waals surface area contributed by atoms with E-state index in [2.05, 4.69) is 10.3 Å². The first-order valence-electron chi connectivity index (χ1n) is 8.65. The molecule has 8 heteroatoms. The van der Waals surface area contributed by atoms with Gasteiger partial charge in [-0.3, -0.25) is 4.79 Å². The number of ether oxygens (including phenoxy) is 3. The van der Waals surface area contributed by atoms with E-state index >= 15 is 0 Å². The molecule has 2 heterocycles. The van der Waals surface area contributed by atoms with Crippen molar-refractivity contribution in [3.8, 4) is 17.2 Å². The lowest BCUT2D eigenvalue weighted by molar-refractivity contribution is -0.115. The zero-order chi connectivity index (χ0) is 19.7. The number of hydrogen-bond donors (Lipinski definition) is 1. The second-order valence-corrected chi connectivity index (χ2v) is 7.56. The lowest BCUT2D eigenvalue weighted by atomic mass is 10.1. The van der Waals surface area contributed by atoms with Gasteiger partial charge in [-0.1, -0.05) is 17.7 Å². The standard InChI is InChI=1S/C20H17ClN2O4S/c1-3-25-15-9-17-16(26-10-27-17)6-12(15)7-18-19(24)23-20(28-18)22-14-8-13(21)5-4-11(14)2/h4-9H,3,10H2,1-2H3,(H,22,23,24)/b18-7+. The van der Waals surface area contributed by atoms with Crippen LogP contribution in [0, 0.1) is 6.92 Å². The molecule has 0 saturated carbocycles. The number of aliphatic imine (C=N–C) groups is 1. The molecule has 2 aliphatic rings. The molecule has 2 aromatic carbocycles. The summed E-state index contributed by atoms with van der Waals surface area (Å²) in [5.41, 5.74) is 2.43. The van der Waals surface area contributed by atoms with Crippen LogP contribution in [0.5, 0.6) is 17.2 Å². The number of carbonyl (C=O) groups excluding carboxylic acids is 1. The third kappa shape index (κ3) is 3.81. The van der Waals surface area contributed by atoms with Crippen molar-refractivity contribution in [3.05, 3.63) is 51.4 Å². The fraction of sp³-hybridized carbons (Fsp3) is 0.200. The summed E-state index contributed by atoms with van der Waals surface area (Å²) in [6.07, 6.45) is 1.76. The highest BCUT2D eigenvalue weighted by Crippen LogP contribution is 2.40. The van der Waals surface area contributed by atoms with E-state index in [9.17, 15) is 4.79 Å². The van der Waals surface area contributed by atoms with E-state index in [-0.39, 0.29) is 12.7 Å². The van der Waals surface area contributed by atoms with Gasteiger partial charge in [-0.25, -0.2) is 4.99 Å². The van der Waals surface area contributed by atoms with E-state index in [1.165, 1.54) is 11.8 Å². The third-order valence-corrected chi connectivity index (χ3v) is 5.28. The number of rotatable bonds is 4. The lowest BCUT2D eigenvalue weighted by Gasteiger charge is -2.09. The van der Waals surface area contributed by atoms with E-state index in [0.29, 0.717) is 39.0 Å². The van der Waals surface area contributed by atoms with Crippen LogP contribution in [0.2, 0.25) is 5.02 Å². The molecule has 1 N–H and O–H groups in total. The van der Waals surface area contributed by atoms with E-state index in [1.54, 1.807) is 24.3 Å². The van der Waals surface area contributed by atoms with Gasteiger partial charge in [0.2, 0.25) is 6.79 Å². The molecular weight excluding hydrogens is 400 g/mol. The number of nitrogens with one attached hydrogen (secondary N) is 1. The Morgan fingerprint density at radius 1 is 1.29 bits per heavy atom. The molecule has 1 fully saturated rings. The average Bonchev–Trinajstić information content (AvgIpc) is 3.25. The fourth-order valence-corrected chi connectivity index (χ4v) is 3.76. The van der Waals surface area contributed by atoms with Gasteiger partial charge in [0.1, 0.15) is 5.75 Å². The van der Waals surface area contributed by atoms with Crippen molar-refractivity contribution in [1.29, 1.82) is 0 Å². The summed E-state index contributed by atoms with van der Waals surface area (Å²) in [6.45, 7) is 4.51. The van der Waals surface area contributed by atoms with E-state index in [4.69, 9.17) is 25.8 Å². The Hall–Kier alpha value is -2.64. The molecule has 0 unspecified atom stereocenters. The van der Waals surface area contributed by atoms with Crippen LogP contribution in [0.25, 0.3) is 6.08 Å². The SMILES string of the molecule is CCOc1cc2c(cc1/C=C1/SC(=Nc3cc(Cl)ccc3C)NC1=O)OCO2. The summed E-state index contributed by atoms with van der Waals surface area (Å²) >= 11 is 7.31. The van der Waals surface area contributed by atoms with Crippen LogP contribution in [0.3, 0.4) is 0 Å². The molecule has 4 rings (SSSR count). The zero-order valence-electron chi connectivity index (χ0n) is 15.2. The van der Waals surface area contributed by atoms with Crippen molar-refractivity contribution in [3.63, 3.8) is 0 Å². The molecule has 0 aliphatic carbocycles. The largest absolute Gasteiger partial charge is 0.493 e.